The highest BCUT2D eigenvalue weighted by Gasteiger charge is 2.11. The summed E-state index contributed by atoms with van der Waals surface area (Å²) in [6.07, 6.45) is 2.02. The molecule has 6 heteroatoms. The van der Waals surface area contributed by atoms with E-state index in [0.717, 1.165) is 18.5 Å². The van der Waals surface area contributed by atoms with Gasteiger partial charge in [0.25, 0.3) is 0 Å². The number of aromatic nitrogens is 5. The van der Waals surface area contributed by atoms with Crippen LogP contribution in [0.25, 0.3) is 5.65 Å². The standard InChI is InChI=1S/C11H18N6/c1-8(2)6-10(12-3)7-9-4-5-11-13-15-16-17(11)14-9/h4-5,8,10,12H,6-7H2,1-3H3. The zero-order valence-electron chi connectivity index (χ0n) is 10.5. The molecule has 0 amide bonds. The Kier molecular flexibility index (Phi) is 3.63. The molecule has 6 nitrogen and oxygen atoms in total. The molecule has 2 aromatic heterocycles. The van der Waals surface area contributed by atoms with Crippen molar-refractivity contribution in [2.45, 2.75) is 32.7 Å². The molecule has 1 N–H and O–H groups in total. The van der Waals surface area contributed by atoms with E-state index in [1.165, 1.54) is 4.63 Å². The van der Waals surface area contributed by atoms with Crippen molar-refractivity contribution in [3.8, 4) is 0 Å². The number of likely N-dealkylation sites (N-methyl/N-ethyl adjacent to an activating group) is 1. The molecule has 1 atom stereocenters. The molecule has 0 saturated heterocycles. The van der Waals surface area contributed by atoms with Crippen molar-refractivity contribution in [3.05, 3.63) is 17.8 Å². The Hall–Kier alpha value is -1.56. The fourth-order valence-corrected chi connectivity index (χ4v) is 1.92. The third kappa shape index (κ3) is 2.97. The first-order valence-electron chi connectivity index (χ1n) is 5.90. The van der Waals surface area contributed by atoms with Gasteiger partial charge in [0.2, 0.25) is 0 Å². The van der Waals surface area contributed by atoms with Gasteiger partial charge in [-0.1, -0.05) is 13.8 Å². The lowest BCUT2D eigenvalue weighted by atomic mass is 10.00. The van der Waals surface area contributed by atoms with Crippen LogP contribution in [0.1, 0.15) is 26.0 Å². The minimum atomic E-state index is 0.441. The molecule has 0 fully saturated rings. The smallest absolute Gasteiger partial charge is 0.199 e. The number of hydrogen-bond acceptors (Lipinski definition) is 5. The van der Waals surface area contributed by atoms with Gasteiger partial charge in [-0.2, -0.15) is 5.10 Å². The summed E-state index contributed by atoms with van der Waals surface area (Å²) >= 11 is 0. The van der Waals surface area contributed by atoms with Gasteiger partial charge in [-0.15, -0.1) is 9.73 Å². The number of nitrogens with one attached hydrogen (secondary N) is 1. The highest BCUT2D eigenvalue weighted by atomic mass is 15.6. The van der Waals surface area contributed by atoms with E-state index in [1.807, 2.05) is 19.2 Å². The Bertz CT molecular complexity index is 478. The van der Waals surface area contributed by atoms with Gasteiger partial charge < -0.3 is 5.32 Å². The summed E-state index contributed by atoms with van der Waals surface area (Å²) in [5.41, 5.74) is 1.68. The van der Waals surface area contributed by atoms with Crippen LogP contribution in [0.4, 0.5) is 0 Å². The van der Waals surface area contributed by atoms with Crippen molar-refractivity contribution in [2.75, 3.05) is 7.05 Å². The number of tetrazole rings is 1. The SMILES string of the molecule is CNC(Cc1ccc2nnnn2n1)CC(C)C. The highest BCUT2D eigenvalue weighted by Crippen LogP contribution is 2.09. The summed E-state index contributed by atoms with van der Waals surface area (Å²) in [4.78, 5) is 0. The van der Waals surface area contributed by atoms with Crippen LogP contribution in [-0.4, -0.2) is 38.3 Å². The van der Waals surface area contributed by atoms with Gasteiger partial charge in [0, 0.05) is 12.5 Å². The first-order valence-corrected chi connectivity index (χ1v) is 5.90. The van der Waals surface area contributed by atoms with Gasteiger partial charge in [-0.25, -0.2) is 0 Å². The van der Waals surface area contributed by atoms with Crippen LogP contribution in [0, 0.1) is 5.92 Å². The second-order valence-electron chi connectivity index (χ2n) is 4.67. The van der Waals surface area contributed by atoms with E-state index in [1.54, 1.807) is 0 Å². The topological polar surface area (TPSA) is 68.0 Å². The minimum absolute atomic E-state index is 0.441. The highest BCUT2D eigenvalue weighted by molar-refractivity contribution is 5.32. The van der Waals surface area contributed by atoms with Gasteiger partial charge in [0.15, 0.2) is 5.65 Å². The minimum Gasteiger partial charge on any atom is -0.317 e. The molecule has 2 rings (SSSR count). The molecule has 0 bridgehead atoms. The van der Waals surface area contributed by atoms with E-state index in [2.05, 4.69) is 39.8 Å². The lowest BCUT2D eigenvalue weighted by Crippen LogP contribution is -2.29. The van der Waals surface area contributed by atoms with E-state index in [9.17, 15) is 0 Å². The lowest BCUT2D eigenvalue weighted by molar-refractivity contribution is 0.436. The van der Waals surface area contributed by atoms with E-state index in [0.29, 0.717) is 17.6 Å². The van der Waals surface area contributed by atoms with Crippen LogP contribution < -0.4 is 5.32 Å². The summed E-state index contributed by atoms with van der Waals surface area (Å²) in [5.74, 6) is 0.671. The van der Waals surface area contributed by atoms with Crippen LogP contribution in [0.15, 0.2) is 12.1 Å². The normalized spacial score (nSPS) is 13.4. The summed E-state index contributed by atoms with van der Waals surface area (Å²) in [7, 11) is 1.99. The predicted molar refractivity (Wildman–Crippen MR) is 64.6 cm³/mol. The Labute approximate surface area is 100 Å². The molecule has 0 aliphatic heterocycles. The van der Waals surface area contributed by atoms with Gasteiger partial charge in [-0.05, 0) is 41.9 Å². The van der Waals surface area contributed by atoms with Crippen LogP contribution in [0.2, 0.25) is 0 Å². The third-order valence-corrected chi connectivity index (χ3v) is 2.74. The van der Waals surface area contributed by atoms with Gasteiger partial charge in [0.1, 0.15) is 0 Å². The number of hydrogen-bond donors (Lipinski definition) is 1. The fourth-order valence-electron chi connectivity index (χ4n) is 1.92. The van der Waals surface area contributed by atoms with E-state index < -0.39 is 0 Å². The van der Waals surface area contributed by atoms with Crippen molar-refractivity contribution in [1.82, 2.24) is 30.6 Å². The molecule has 92 valence electrons. The Morgan fingerprint density at radius 1 is 1.35 bits per heavy atom. The Morgan fingerprint density at radius 3 is 2.88 bits per heavy atom. The van der Waals surface area contributed by atoms with Crippen molar-refractivity contribution >= 4 is 5.65 Å². The number of fused-ring (bicyclic) bond motifs is 1. The first-order chi connectivity index (χ1) is 8.19. The maximum absolute atomic E-state index is 4.37. The van der Waals surface area contributed by atoms with Gasteiger partial charge in [0.05, 0.1) is 5.69 Å². The van der Waals surface area contributed by atoms with Crippen LogP contribution >= 0.6 is 0 Å². The maximum atomic E-state index is 4.37. The molecule has 2 aromatic rings. The summed E-state index contributed by atoms with van der Waals surface area (Å²) in [5, 5.41) is 18.9. The van der Waals surface area contributed by atoms with Crippen LogP contribution in [-0.2, 0) is 6.42 Å². The fraction of sp³-hybridized carbons (Fsp3) is 0.636. The predicted octanol–water partition coefficient (Wildman–Crippen LogP) is 0.696. The average Bonchev–Trinajstić information content (AvgIpc) is 2.74. The maximum Gasteiger partial charge on any atom is 0.199 e. The zero-order chi connectivity index (χ0) is 12.3. The molecule has 1 unspecified atom stereocenters. The van der Waals surface area contributed by atoms with E-state index in [4.69, 9.17) is 0 Å². The molecule has 0 aliphatic carbocycles. The molecular weight excluding hydrogens is 216 g/mol. The molecule has 2 heterocycles. The van der Waals surface area contributed by atoms with Gasteiger partial charge in [-0.3, -0.25) is 0 Å². The Balaban J connectivity index is 2.10. The Morgan fingerprint density at radius 2 is 2.18 bits per heavy atom. The third-order valence-electron chi connectivity index (χ3n) is 2.74. The molecule has 0 saturated carbocycles. The molecule has 0 spiro atoms. The first kappa shape index (κ1) is 11.9. The van der Waals surface area contributed by atoms with Crippen molar-refractivity contribution in [3.63, 3.8) is 0 Å². The number of rotatable bonds is 5. The van der Waals surface area contributed by atoms with E-state index in [-0.39, 0.29) is 0 Å². The largest absolute Gasteiger partial charge is 0.317 e. The molecule has 17 heavy (non-hydrogen) atoms. The second-order valence-corrected chi connectivity index (χ2v) is 4.67. The monoisotopic (exact) mass is 234 g/mol. The average molecular weight is 234 g/mol. The molecule has 0 aromatic carbocycles. The molecular formula is C11H18N6. The van der Waals surface area contributed by atoms with Crippen LogP contribution in [0.5, 0.6) is 0 Å². The summed E-state index contributed by atoms with van der Waals surface area (Å²) in [6.45, 7) is 4.45. The quantitative estimate of drug-likeness (QED) is 0.824. The number of nitrogens with zero attached hydrogens (tertiary/aromatic N) is 5. The van der Waals surface area contributed by atoms with Gasteiger partial charge >= 0.3 is 0 Å². The lowest BCUT2D eigenvalue weighted by Gasteiger charge is -2.17. The second kappa shape index (κ2) is 5.18. The van der Waals surface area contributed by atoms with E-state index >= 15 is 0 Å². The van der Waals surface area contributed by atoms with Crippen LogP contribution in [0.3, 0.4) is 0 Å². The summed E-state index contributed by atoms with van der Waals surface area (Å²) < 4.78 is 1.47. The van der Waals surface area contributed by atoms with Crippen molar-refractivity contribution in [2.24, 2.45) is 5.92 Å². The molecule has 0 aliphatic rings. The van der Waals surface area contributed by atoms with Crippen molar-refractivity contribution < 1.29 is 0 Å². The van der Waals surface area contributed by atoms with Crippen molar-refractivity contribution in [1.29, 1.82) is 0 Å². The zero-order valence-corrected chi connectivity index (χ0v) is 10.5. The summed E-state index contributed by atoms with van der Waals surface area (Å²) in [6, 6.07) is 4.32. The molecule has 0 radical (unpaired) electrons.